The monoisotopic (exact) mass is 400 g/mol. The van der Waals surface area contributed by atoms with E-state index in [9.17, 15) is 4.79 Å². The fourth-order valence-electron chi connectivity index (χ4n) is 2.61. The van der Waals surface area contributed by atoms with Crippen LogP contribution in [0.3, 0.4) is 0 Å². The van der Waals surface area contributed by atoms with E-state index in [0.717, 1.165) is 10.9 Å². The molecule has 1 heterocycles. The van der Waals surface area contributed by atoms with Gasteiger partial charge in [0.05, 0.1) is 6.04 Å². The summed E-state index contributed by atoms with van der Waals surface area (Å²) in [7, 11) is 1.91. The maximum Gasteiger partial charge on any atom is 0.251 e. The van der Waals surface area contributed by atoms with Crippen molar-refractivity contribution in [3.63, 3.8) is 0 Å². The molecule has 3 rings (SSSR count). The second-order valence-electron chi connectivity index (χ2n) is 6.38. The van der Waals surface area contributed by atoms with Gasteiger partial charge in [-0.2, -0.15) is 0 Å². The highest BCUT2D eigenvalue weighted by Crippen LogP contribution is 2.23. The highest BCUT2D eigenvalue weighted by atomic mass is 35.5. The number of aromatic nitrogens is 3. The number of thioether (sulfide) groups is 1. The van der Waals surface area contributed by atoms with Crippen molar-refractivity contribution in [2.45, 2.75) is 30.8 Å². The molecule has 0 spiro atoms. The van der Waals surface area contributed by atoms with Crippen LogP contribution < -0.4 is 5.32 Å². The molecular weight excluding hydrogens is 380 g/mol. The van der Waals surface area contributed by atoms with Crippen molar-refractivity contribution in [3.05, 3.63) is 76.1 Å². The predicted molar refractivity (Wildman–Crippen MR) is 109 cm³/mol. The van der Waals surface area contributed by atoms with E-state index >= 15 is 0 Å². The van der Waals surface area contributed by atoms with E-state index in [1.807, 2.05) is 18.5 Å². The summed E-state index contributed by atoms with van der Waals surface area (Å²) >= 11 is 7.49. The third-order valence-electron chi connectivity index (χ3n) is 4.20. The normalized spacial score (nSPS) is 12.0. The minimum absolute atomic E-state index is 0.170. The number of halogens is 1. The largest absolute Gasteiger partial charge is 0.342 e. The van der Waals surface area contributed by atoms with Crippen molar-refractivity contribution in [1.82, 2.24) is 20.1 Å². The SMILES string of the molecule is Cc1ccc(CSc2nnc([C@H](C)NC(=O)c3ccc(Cl)cc3)n2C)cc1. The van der Waals surface area contributed by atoms with Gasteiger partial charge in [-0.15, -0.1) is 10.2 Å². The highest BCUT2D eigenvalue weighted by molar-refractivity contribution is 7.98. The second-order valence-corrected chi connectivity index (χ2v) is 7.76. The predicted octanol–water partition coefficient (Wildman–Crippen LogP) is 4.56. The fraction of sp³-hybridized carbons (Fsp3) is 0.250. The Morgan fingerprint density at radius 2 is 1.81 bits per heavy atom. The summed E-state index contributed by atoms with van der Waals surface area (Å²) in [6.45, 7) is 3.97. The molecule has 0 aliphatic carbocycles. The lowest BCUT2D eigenvalue weighted by molar-refractivity contribution is 0.0937. The van der Waals surface area contributed by atoms with Gasteiger partial charge in [0.2, 0.25) is 0 Å². The molecule has 140 valence electrons. The quantitative estimate of drug-likeness (QED) is 0.616. The van der Waals surface area contributed by atoms with E-state index in [1.54, 1.807) is 36.0 Å². The molecular formula is C20H21ClN4OS. The molecule has 0 fully saturated rings. The average molecular weight is 401 g/mol. The Kier molecular flexibility index (Phi) is 6.19. The van der Waals surface area contributed by atoms with Crippen LogP contribution in [-0.4, -0.2) is 20.7 Å². The molecule has 1 atom stereocenters. The molecule has 0 saturated heterocycles. The van der Waals surface area contributed by atoms with Gasteiger partial charge in [-0.3, -0.25) is 4.79 Å². The molecule has 0 bridgehead atoms. The number of aryl methyl sites for hydroxylation is 1. The molecule has 0 aliphatic rings. The second kappa shape index (κ2) is 8.59. The van der Waals surface area contributed by atoms with Crippen LogP contribution in [0.2, 0.25) is 5.02 Å². The van der Waals surface area contributed by atoms with Gasteiger partial charge in [-0.05, 0) is 43.7 Å². The van der Waals surface area contributed by atoms with Crippen molar-refractivity contribution < 1.29 is 4.79 Å². The Hall–Kier alpha value is -2.31. The Morgan fingerprint density at radius 3 is 2.48 bits per heavy atom. The van der Waals surface area contributed by atoms with Crippen LogP contribution in [0.4, 0.5) is 0 Å². The summed E-state index contributed by atoms with van der Waals surface area (Å²) in [6.07, 6.45) is 0. The summed E-state index contributed by atoms with van der Waals surface area (Å²) in [5.41, 5.74) is 3.04. The van der Waals surface area contributed by atoms with Gasteiger partial charge in [0, 0.05) is 23.4 Å². The minimum Gasteiger partial charge on any atom is -0.342 e. The first-order chi connectivity index (χ1) is 12.9. The van der Waals surface area contributed by atoms with Gasteiger partial charge in [0.25, 0.3) is 5.91 Å². The summed E-state index contributed by atoms with van der Waals surface area (Å²) in [4.78, 5) is 12.4. The number of carbonyl (C=O) groups excluding carboxylic acids is 1. The zero-order valence-corrected chi connectivity index (χ0v) is 17.0. The molecule has 2 aromatic carbocycles. The van der Waals surface area contributed by atoms with Gasteiger partial charge in [-0.1, -0.05) is 53.2 Å². The van der Waals surface area contributed by atoms with Crippen LogP contribution in [0.15, 0.2) is 53.7 Å². The number of nitrogens with one attached hydrogen (secondary N) is 1. The van der Waals surface area contributed by atoms with E-state index in [4.69, 9.17) is 11.6 Å². The number of rotatable bonds is 6. The van der Waals surface area contributed by atoms with Gasteiger partial charge in [-0.25, -0.2) is 0 Å². The zero-order valence-electron chi connectivity index (χ0n) is 15.4. The maximum absolute atomic E-state index is 12.4. The lowest BCUT2D eigenvalue weighted by Crippen LogP contribution is -2.28. The van der Waals surface area contributed by atoms with Gasteiger partial charge in [0.1, 0.15) is 0 Å². The van der Waals surface area contributed by atoms with E-state index in [0.29, 0.717) is 16.4 Å². The third-order valence-corrected chi connectivity index (χ3v) is 5.54. The van der Waals surface area contributed by atoms with E-state index in [-0.39, 0.29) is 11.9 Å². The first kappa shape index (κ1) is 19.5. The minimum atomic E-state index is -0.264. The van der Waals surface area contributed by atoms with Crippen LogP contribution in [0.25, 0.3) is 0 Å². The number of amides is 1. The first-order valence-electron chi connectivity index (χ1n) is 8.58. The van der Waals surface area contributed by atoms with Crippen molar-refractivity contribution in [2.75, 3.05) is 0 Å². The van der Waals surface area contributed by atoms with Crippen LogP contribution in [0.1, 0.15) is 40.3 Å². The molecule has 7 heteroatoms. The number of carbonyl (C=O) groups is 1. The number of benzene rings is 2. The summed E-state index contributed by atoms with van der Waals surface area (Å²) in [6, 6.07) is 15.0. The standard InChI is InChI=1S/C20H21ClN4OS/c1-13-4-6-15(7-5-13)12-27-20-24-23-18(25(20)3)14(2)22-19(26)16-8-10-17(21)11-9-16/h4-11,14H,12H2,1-3H3,(H,22,26)/t14-/m0/s1. The molecule has 0 saturated carbocycles. The molecule has 0 aliphatic heterocycles. The van der Waals surface area contributed by atoms with Gasteiger partial charge < -0.3 is 9.88 Å². The zero-order chi connectivity index (χ0) is 19.4. The number of hydrogen-bond acceptors (Lipinski definition) is 4. The lowest BCUT2D eigenvalue weighted by atomic mass is 10.2. The Morgan fingerprint density at radius 1 is 1.15 bits per heavy atom. The third kappa shape index (κ3) is 4.90. The van der Waals surface area contributed by atoms with E-state index in [2.05, 4.69) is 46.7 Å². The van der Waals surface area contributed by atoms with Crippen molar-refractivity contribution >= 4 is 29.3 Å². The topological polar surface area (TPSA) is 59.8 Å². The van der Waals surface area contributed by atoms with Crippen molar-refractivity contribution in [2.24, 2.45) is 7.05 Å². The van der Waals surface area contributed by atoms with Crippen LogP contribution in [0, 0.1) is 6.92 Å². The van der Waals surface area contributed by atoms with E-state index < -0.39 is 0 Å². The molecule has 3 aromatic rings. The number of nitrogens with zero attached hydrogens (tertiary/aromatic N) is 3. The highest BCUT2D eigenvalue weighted by Gasteiger charge is 2.18. The van der Waals surface area contributed by atoms with Crippen LogP contribution >= 0.6 is 23.4 Å². The lowest BCUT2D eigenvalue weighted by Gasteiger charge is -2.13. The van der Waals surface area contributed by atoms with Crippen LogP contribution in [-0.2, 0) is 12.8 Å². The Bertz CT molecular complexity index is 922. The molecule has 0 radical (unpaired) electrons. The van der Waals surface area contributed by atoms with E-state index in [1.165, 1.54) is 11.1 Å². The Labute approximate surface area is 168 Å². The number of hydrogen-bond donors (Lipinski definition) is 1. The molecule has 1 N–H and O–H groups in total. The van der Waals surface area contributed by atoms with Crippen molar-refractivity contribution in [1.29, 1.82) is 0 Å². The molecule has 1 amide bonds. The smallest absolute Gasteiger partial charge is 0.251 e. The van der Waals surface area contributed by atoms with Gasteiger partial charge in [0.15, 0.2) is 11.0 Å². The molecule has 5 nitrogen and oxygen atoms in total. The van der Waals surface area contributed by atoms with Gasteiger partial charge >= 0.3 is 0 Å². The van der Waals surface area contributed by atoms with Crippen molar-refractivity contribution in [3.8, 4) is 0 Å². The summed E-state index contributed by atoms with van der Waals surface area (Å²) in [5.74, 6) is 1.36. The maximum atomic E-state index is 12.4. The molecule has 27 heavy (non-hydrogen) atoms. The first-order valence-corrected chi connectivity index (χ1v) is 9.94. The average Bonchev–Trinajstić information content (AvgIpc) is 3.02. The summed E-state index contributed by atoms with van der Waals surface area (Å²) in [5, 5.41) is 12.9. The fourth-order valence-corrected chi connectivity index (χ4v) is 3.61. The molecule has 1 aromatic heterocycles. The van der Waals surface area contributed by atoms with Crippen LogP contribution in [0.5, 0.6) is 0 Å². The summed E-state index contributed by atoms with van der Waals surface area (Å²) < 4.78 is 1.92. The molecule has 0 unspecified atom stereocenters. The Balaban J connectivity index is 1.64.